The second-order valence-corrected chi connectivity index (χ2v) is 5.44. The van der Waals surface area contributed by atoms with Gasteiger partial charge in [0.05, 0.1) is 0 Å². The van der Waals surface area contributed by atoms with Crippen molar-refractivity contribution in [2.45, 2.75) is 32.6 Å². The molecule has 0 amide bonds. The third-order valence-corrected chi connectivity index (χ3v) is 4.63. The monoisotopic (exact) mass is 188 g/mol. The van der Waals surface area contributed by atoms with Crippen molar-refractivity contribution in [1.29, 1.82) is 0 Å². The van der Waals surface area contributed by atoms with Crippen LogP contribution in [0, 0.1) is 29.6 Å². The van der Waals surface area contributed by atoms with E-state index in [1.54, 1.807) is 0 Å². The average molecular weight is 188 g/mol. The van der Waals surface area contributed by atoms with Crippen molar-refractivity contribution in [3.05, 3.63) is 24.3 Å². The van der Waals surface area contributed by atoms with Gasteiger partial charge in [-0.15, -0.1) is 0 Å². The van der Waals surface area contributed by atoms with Crippen molar-refractivity contribution in [3.8, 4) is 0 Å². The third kappa shape index (κ3) is 1.20. The molecule has 2 bridgehead atoms. The molecule has 1 saturated carbocycles. The summed E-state index contributed by atoms with van der Waals surface area (Å²) in [5, 5.41) is 0. The molecule has 0 nitrogen and oxygen atoms in total. The lowest BCUT2D eigenvalue weighted by atomic mass is 9.73. The minimum atomic E-state index is 0.889. The van der Waals surface area contributed by atoms with Gasteiger partial charge in [-0.1, -0.05) is 37.6 Å². The van der Waals surface area contributed by atoms with E-state index in [-0.39, 0.29) is 0 Å². The molecule has 0 aromatic rings. The first kappa shape index (κ1) is 8.76. The molecule has 0 heterocycles. The lowest BCUT2D eigenvalue weighted by Crippen LogP contribution is -2.25. The molecule has 3 aliphatic carbocycles. The maximum atomic E-state index is 2.54. The fourth-order valence-electron chi connectivity index (χ4n) is 3.97. The summed E-state index contributed by atoms with van der Waals surface area (Å²) in [7, 11) is 0. The Morgan fingerprint density at radius 3 is 2.86 bits per heavy atom. The summed E-state index contributed by atoms with van der Waals surface area (Å²) < 4.78 is 0. The van der Waals surface area contributed by atoms with E-state index in [1.165, 1.54) is 25.7 Å². The summed E-state index contributed by atoms with van der Waals surface area (Å²) in [5.41, 5.74) is 0. The predicted molar refractivity (Wildman–Crippen MR) is 59.9 cm³/mol. The van der Waals surface area contributed by atoms with Crippen molar-refractivity contribution in [3.63, 3.8) is 0 Å². The number of rotatable bonds is 0. The Balaban J connectivity index is 1.92. The summed E-state index contributed by atoms with van der Waals surface area (Å²) in [4.78, 5) is 0. The summed E-state index contributed by atoms with van der Waals surface area (Å²) in [6, 6.07) is 0. The lowest BCUT2D eigenvalue weighted by molar-refractivity contribution is 0.238. The minimum absolute atomic E-state index is 0.889. The highest BCUT2D eigenvalue weighted by Crippen LogP contribution is 2.52. The van der Waals surface area contributed by atoms with E-state index in [0.29, 0.717) is 0 Å². The highest BCUT2D eigenvalue weighted by Gasteiger charge is 2.45. The second kappa shape index (κ2) is 3.25. The average Bonchev–Trinajstić information content (AvgIpc) is 2.72. The third-order valence-electron chi connectivity index (χ3n) is 4.63. The molecular weight excluding hydrogens is 168 g/mol. The van der Waals surface area contributed by atoms with Gasteiger partial charge in [0.1, 0.15) is 0 Å². The summed E-state index contributed by atoms with van der Waals surface area (Å²) in [5.74, 6) is 4.62. The Hall–Kier alpha value is -0.520. The quantitative estimate of drug-likeness (QED) is 0.507. The van der Waals surface area contributed by atoms with E-state index in [2.05, 4.69) is 31.2 Å². The molecule has 0 radical (unpaired) electrons. The summed E-state index contributed by atoms with van der Waals surface area (Å²) >= 11 is 0. The highest BCUT2D eigenvalue weighted by molar-refractivity contribution is 5.18. The molecule has 0 saturated heterocycles. The second-order valence-electron chi connectivity index (χ2n) is 5.44. The van der Waals surface area contributed by atoms with E-state index in [1.807, 2.05) is 0 Å². The lowest BCUT2D eigenvalue weighted by Gasteiger charge is -2.32. The number of allylic oxidation sites excluding steroid dienone is 4. The van der Waals surface area contributed by atoms with Crippen LogP contribution in [-0.2, 0) is 0 Å². The van der Waals surface area contributed by atoms with Crippen LogP contribution < -0.4 is 0 Å². The smallest absolute Gasteiger partial charge is 0.0134 e. The van der Waals surface area contributed by atoms with Crippen LogP contribution in [0.15, 0.2) is 24.3 Å². The Kier molecular flexibility index (Phi) is 2.04. The Morgan fingerprint density at radius 2 is 1.93 bits per heavy atom. The van der Waals surface area contributed by atoms with E-state index in [0.717, 1.165) is 29.6 Å². The molecule has 0 spiro atoms. The zero-order valence-corrected chi connectivity index (χ0v) is 9.02. The first-order valence-corrected chi connectivity index (χ1v) is 6.21. The topological polar surface area (TPSA) is 0 Å². The number of hydrogen-bond acceptors (Lipinski definition) is 0. The fourth-order valence-corrected chi connectivity index (χ4v) is 3.97. The van der Waals surface area contributed by atoms with Crippen LogP contribution >= 0.6 is 0 Å². The van der Waals surface area contributed by atoms with Crippen molar-refractivity contribution >= 4 is 0 Å². The Bertz CT molecular complexity index is 274. The SMILES string of the molecule is CC1CCCC=CC2C3C=CC(C3)C12. The number of hydrogen-bond donors (Lipinski definition) is 0. The van der Waals surface area contributed by atoms with Crippen LogP contribution in [0.1, 0.15) is 32.6 Å². The van der Waals surface area contributed by atoms with E-state index < -0.39 is 0 Å². The van der Waals surface area contributed by atoms with Gasteiger partial charge in [0.25, 0.3) is 0 Å². The van der Waals surface area contributed by atoms with Crippen molar-refractivity contribution in [1.82, 2.24) is 0 Å². The maximum absolute atomic E-state index is 2.54. The molecule has 3 aliphatic rings. The maximum Gasteiger partial charge on any atom is -0.0134 e. The molecule has 0 aliphatic heterocycles. The largest absolute Gasteiger partial charge is 0.0882 e. The molecule has 76 valence electrons. The Morgan fingerprint density at radius 1 is 1.07 bits per heavy atom. The normalized spacial score (nSPS) is 50.2. The van der Waals surface area contributed by atoms with E-state index in [9.17, 15) is 0 Å². The van der Waals surface area contributed by atoms with Crippen LogP contribution in [0.25, 0.3) is 0 Å². The zero-order valence-electron chi connectivity index (χ0n) is 9.02. The van der Waals surface area contributed by atoms with Crippen LogP contribution in [-0.4, -0.2) is 0 Å². The van der Waals surface area contributed by atoms with Crippen molar-refractivity contribution < 1.29 is 0 Å². The molecule has 3 rings (SSSR count). The first-order valence-electron chi connectivity index (χ1n) is 6.21. The van der Waals surface area contributed by atoms with Gasteiger partial charge in [0.2, 0.25) is 0 Å². The van der Waals surface area contributed by atoms with Crippen LogP contribution in [0.2, 0.25) is 0 Å². The molecule has 5 unspecified atom stereocenters. The highest BCUT2D eigenvalue weighted by atomic mass is 14.5. The van der Waals surface area contributed by atoms with Gasteiger partial charge >= 0.3 is 0 Å². The van der Waals surface area contributed by atoms with Gasteiger partial charge in [-0.05, 0) is 48.9 Å². The van der Waals surface area contributed by atoms with E-state index >= 15 is 0 Å². The van der Waals surface area contributed by atoms with Crippen LogP contribution in [0.3, 0.4) is 0 Å². The van der Waals surface area contributed by atoms with Gasteiger partial charge in [0, 0.05) is 0 Å². The molecular formula is C14H20. The van der Waals surface area contributed by atoms with Gasteiger partial charge in [-0.3, -0.25) is 0 Å². The molecule has 1 fully saturated rings. The molecule has 14 heavy (non-hydrogen) atoms. The molecule has 0 aromatic carbocycles. The molecule has 0 N–H and O–H groups in total. The van der Waals surface area contributed by atoms with Crippen molar-refractivity contribution in [2.75, 3.05) is 0 Å². The van der Waals surface area contributed by atoms with Crippen molar-refractivity contribution in [2.24, 2.45) is 29.6 Å². The van der Waals surface area contributed by atoms with Gasteiger partial charge in [-0.2, -0.15) is 0 Å². The summed E-state index contributed by atoms with van der Waals surface area (Å²) in [6.45, 7) is 2.48. The predicted octanol–water partition coefficient (Wildman–Crippen LogP) is 3.80. The fraction of sp³-hybridized carbons (Fsp3) is 0.714. The van der Waals surface area contributed by atoms with Gasteiger partial charge in [-0.25, -0.2) is 0 Å². The van der Waals surface area contributed by atoms with Crippen LogP contribution in [0.5, 0.6) is 0 Å². The van der Waals surface area contributed by atoms with Gasteiger partial charge in [0.15, 0.2) is 0 Å². The number of fused-ring (bicyclic) bond motifs is 5. The van der Waals surface area contributed by atoms with E-state index in [4.69, 9.17) is 0 Å². The van der Waals surface area contributed by atoms with Crippen LogP contribution in [0.4, 0.5) is 0 Å². The minimum Gasteiger partial charge on any atom is -0.0882 e. The first-order chi connectivity index (χ1) is 6.86. The molecule has 0 heteroatoms. The summed E-state index contributed by atoms with van der Waals surface area (Å²) in [6.07, 6.45) is 15.6. The zero-order chi connectivity index (χ0) is 9.54. The molecule has 0 aromatic heterocycles. The Labute approximate surface area is 87.1 Å². The van der Waals surface area contributed by atoms with Gasteiger partial charge < -0.3 is 0 Å². The molecule has 5 atom stereocenters. The standard InChI is InChI=1S/C14H20/c1-10-5-3-2-4-6-13-11-7-8-12(9-11)14(10)13/h4,6-8,10-14H,2-3,5,9H2,1H3.